The third-order valence-electron chi connectivity index (χ3n) is 3.64. The van der Waals surface area contributed by atoms with Gasteiger partial charge in [-0.15, -0.1) is 11.3 Å². The molecule has 7 heteroatoms. The van der Waals surface area contributed by atoms with E-state index in [1.807, 2.05) is 6.20 Å². The van der Waals surface area contributed by atoms with Crippen molar-refractivity contribution in [1.29, 1.82) is 0 Å². The van der Waals surface area contributed by atoms with Gasteiger partial charge in [0.15, 0.2) is 0 Å². The molecular weight excluding hydrogens is 288 g/mol. The van der Waals surface area contributed by atoms with Crippen molar-refractivity contribution < 1.29 is 9.59 Å². The molecule has 1 aliphatic rings. The van der Waals surface area contributed by atoms with Crippen LogP contribution in [0.1, 0.15) is 36.1 Å². The van der Waals surface area contributed by atoms with Crippen molar-refractivity contribution >= 4 is 23.3 Å². The summed E-state index contributed by atoms with van der Waals surface area (Å²) in [6.07, 6.45) is 5.06. The van der Waals surface area contributed by atoms with Crippen molar-refractivity contribution in [2.45, 2.75) is 39.2 Å². The molecule has 1 aromatic heterocycles. The molecule has 1 fully saturated rings. The minimum absolute atomic E-state index is 0.0857. The minimum Gasteiger partial charge on any atom is -0.370 e. The van der Waals surface area contributed by atoms with Crippen LogP contribution < -0.4 is 11.1 Å². The molecule has 0 unspecified atom stereocenters. The molecule has 116 valence electrons. The summed E-state index contributed by atoms with van der Waals surface area (Å²) in [5.74, 6) is -0.106. The normalized spacial score (nSPS) is 18.5. The first-order valence-corrected chi connectivity index (χ1v) is 8.14. The summed E-state index contributed by atoms with van der Waals surface area (Å²) in [7, 11) is 0. The lowest BCUT2D eigenvalue weighted by atomic mass is 9.95. The summed E-state index contributed by atoms with van der Waals surface area (Å²) in [5.41, 5.74) is 5.23. The second-order valence-corrected chi connectivity index (χ2v) is 6.56. The molecule has 3 amide bonds. The first-order valence-electron chi connectivity index (χ1n) is 7.33. The molecule has 3 N–H and O–H groups in total. The number of likely N-dealkylation sites (tertiary alicyclic amines) is 1. The van der Waals surface area contributed by atoms with Crippen LogP contribution in [0.2, 0.25) is 0 Å². The lowest BCUT2D eigenvalue weighted by Crippen LogP contribution is -2.45. The summed E-state index contributed by atoms with van der Waals surface area (Å²) in [6.45, 7) is 3.88. The number of nitrogens with one attached hydrogen (secondary N) is 1. The van der Waals surface area contributed by atoms with Crippen LogP contribution in [0.5, 0.6) is 0 Å². The Labute approximate surface area is 128 Å². The highest BCUT2D eigenvalue weighted by molar-refractivity contribution is 7.11. The van der Waals surface area contributed by atoms with Gasteiger partial charge in [0.1, 0.15) is 5.01 Å². The lowest BCUT2D eigenvalue weighted by Gasteiger charge is -2.32. The number of primary amides is 1. The number of carbonyl (C=O) groups is 2. The van der Waals surface area contributed by atoms with E-state index in [2.05, 4.69) is 17.2 Å². The van der Waals surface area contributed by atoms with Crippen molar-refractivity contribution in [3.63, 3.8) is 0 Å². The van der Waals surface area contributed by atoms with Crippen LogP contribution in [0.3, 0.4) is 0 Å². The lowest BCUT2D eigenvalue weighted by molar-refractivity contribution is -0.119. The zero-order chi connectivity index (χ0) is 15.2. The van der Waals surface area contributed by atoms with E-state index in [0.717, 1.165) is 30.8 Å². The van der Waals surface area contributed by atoms with E-state index < -0.39 is 0 Å². The summed E-state index contributed by atoms with van der Waals surface area (Å²) >= 11 is 1.62. The average molecular weight is 310 g/mol. The largest absolute Gasteiger partial charge is 0.370 e. The van der Waals surface area contributed by atoms with Gasteiger partial charge < -0.3 is 16.0 Å². The van der Waals surface area contributed by atoms with E-state index in [-0.39, 0.29) is 17.9 Å². The SMILES string of the molecule is CCc1cnc(CNC(=O)N2CCC[C@@H](CC(N)=O)C2)s1. The number of hydrogen-bond donors (Lipinski definition) is 2. The predicted octanol–water partition coefficient (Wildman–Crippen LogP) is 1.50. The van der Waals surface area contributed by atoms with E-state index >= 15 is 0 Å². The summed E-state index contributed by atoms with van der Waals surface area (Å²) in [6, 6.07) is -0.0857. The highest BCUT2D eigenvalue weighted by Crippen LogP contribution is 2.19. The van der Waals surface area contributed by atoms with Crippen LogP contribution in [0.4, 0.5) is 4.79 Å². The zero-order valence-corrected chi connectivity index (χ0v) is 13.1. The van der Waals surface area contributed by atoms with E-state index in [1.54, 1.807) is 16.2 Å². The molecule has 2 heterocycles. The zero-order valence-electron chi connectivity index (χ0n) is 12.3. The van der Waals surface area contributed by atoms with Gasteiger partial charge in [-0.3, -0.25) is 4.79 Å². The Kier molecular flexibility index (Phi) is 5.55. The highest BCUT2D eigenvalue weighted by atomic mass is 32.1. The predicted molar refractivity (Wildman–Crippen MR) is 81.8 cm³/mol. The van der Waals surface area contributed by atoms with Crippen molar-refractivity contribution in [2.75, 3.05) is 13.1 Å². The molecule has 1 aliphatic heterocycles. The molecule has 0 spiro atoms. The van der Waals surface area contributed by atoms with E-state index in [0.29, 0.717) is 19.5 Å². The Morgan fingerprint density at radius 2 is 2.38 bits per heavy atom. The van der Waals surface area contributed by atoms with Gasteiger partial charge in [-0.2, -0.15) is 0 Å². The van der Waals surface area contributed by atoms with Gasteiger partial charge in [0.2, 0.25) is 5.91 Å². The highest BCUT2D eigenvalue weighted by Gasteiger charge is 2.24. The number of rotatable bonds is 5. The molecule has 1 aromatic rings. The molecule has 2 rings (SSSR count). The molecular formula is C14H22N4O2S. The molecule has 1 saturated heterocycles. The fourth-order valence-corrected chi connectivity index (χ4v) is 3.36. The van der Waals surface area contributed by atoms with Crippen LogP contribution >= 0.6 is 11.3 Å². The molecule has 1 atom stereocenters. The Morgan fingerprint density at radius 3 is 3.05 bits per heavy atom. The number of amides is 3. The van der Waals surface area contributed by atoms with E-state index in [4.69, 9.17) is 5.73 Å². The summed E-state index contributed by atoms with van der Waals surface area (Å²) in [4.78, 5) is 30.4. The molecule has 21 heavy (non-hydrogen) atoms. The standard InChI is InChI=1S/C14H22N4O2S/c1-2-11-7-16-13(21-11)8-17-14(20)18-5-3-4-10(9-18)6-12(15)19/h7,10H,2-6,8-9H2,1H3,(H2,15,19)(H,17,20)/t10-/m0/s1. The number of nitrogens with two attached hydrogens (primary N) is 1. The third-order valence-corrected chi connectivity index (χ3v) is 4.78. The van der Waals surface area contributed by atoms with Crippen LogP contribution in [-0.4, -0.2) is 34.9 Å². The molecule has 0 radical (unpaired) electrons. The number of hydrogen-bond acceptors (Lipinski definition) is 4. The van der Waals surface area contributed by atoms with E-state index in [9.17, 15) is 9.59 Å². The van der Waals surface area contributed by atoms with Crippen molar-refractivity contribution in [3.8, 4) is 0 Å². The fraction of sp³-hybridized carbons (Fsp3) is 0.643. The molecule has 0 aliphatic carbocycles. The number of thiazole rings is 1. The second-order valence-electron chi connectivity index (χ2n) is 5.36. The van der Waals surface area contributed by atoms with Crippen molar-refractivity contribution in [3.05, 3.63) is 16.1 Å². The molecule has 6 nitrogen and oxygen atoms in total. The fourth-order valence-electron chi connectivity index (χ4n) is 2.56. The summed E-state index contributed by atoms with van der Waals surface area (Å²) < 4.78 is 0. The van der Waals surface area contributed by atoms with Crippen LogP contribution in [0.15, 0.2) is 6.20 Å². The number of carbonyl (C=O) groups excluding carboxylic acids is 2. The monoisotopic (exact) mass is 310 g/mol. The molecule has 0 bridgehead atoms. The Hall–Kier alpha value is -1.63. The maximum absolute atomic E-state index is 12.2. The third kappa shape index (κ3) is 4.70. The quantitative estimate of drug-likeness (QED) is 0.864. The van der Waals surface area contributed by atoms with Crippen molar-refractivity contribution in [1.82, 2.24) is 15.2 Å². The molecule has 0 aromatic carbocycles. The topological polar surface area (TPSA) is 88.3 Å². The van der Waals surface area contributed by atoms with Gasteiger partial charge in [-0.25, -0.2) is 9.78 Å². The van der Waals surface area contributed by atoms with Crippen molar-refractivity contribution in [2.24, 2.45) is 11.7 Å². The first kappa shape index (κ1) is 15.8. The average Bonchev–Trinajstić information content (AvgIpc) is 2.92. The number of nitrogens with zero attached hydrogens (tertiary/aromatic N) is 2. The van der Waals surface area contributed by atoms with Crippen LogP contribution in [0.25, 0.3) is 0 Å². The van der Waals surface area contributed by atoms with Crippen LogP contribution in [-0.2, 0) is 17.8 Å². The smallest absolute Gasteiger partial charge is 0.317 e. The van der Waals surface area contributed by atoms with E-state index in [1.165, 1.54) is 4.88 Å². The number of aryl methyl sites for hydroxylation is 1. The second kappa shape index (κ2) is 7.40. The Bertz CT molecular complexity index is 503. The first-order chi connectivity index (χ1) is 10.1. The van der Waals surface area contributed by atoms with Gasteiger partial charge in [-0.05, 0) is 25.2 Å². The van der Waals surface area contributed by atoms with Gasteiger partial charge >= 0.3 is 6.03 Å². The number of aromatic nitrogens is 1. The Balaban J connectivity index is 1.80. The van der Waals surface area contributed by atoms with Gasteiger partial charge in [0.25, 0.3) is 0 Å². The van der Waals surface area contributed by atoms with Gasteiger partial charge in [-0.1, -0.05) is 6.92 Å². The number of piperidine rings is 1. The van der Waals surface area contributed by atoms with Crippen LogP contribution in [0, 0.1) is 5.92 Å². The van der Waals surface area contributed by atoms with Gasteiger partial charge in [0, 0.05) is 30.6 Å². The maximum atomic E-state index is 12.2. The Morgan fingerprint density at radius 1 is 1.57 bits per heavy atom. The maximum Gasteiger partial charge on any atom is 0.317 e. The summed E-state index contributed by atoms with van der Waals surface area (Å²) in [5, 5.41) is 3.82. The minimum atomic E-state index is -0.294. The molecule has 0 saturated carbocycles. The number of urea groups is 1. The van der Waals surface area contributed by atoms with Gasteiger partial charge in [0.05, 0.1) is 6.54 Å².